The Morgan fingerprint density at radius 2 is 1.86 bits per heavy atom. The molecule has 0 spiro atoms. The molecule has 1 rings (SSSR count). The quantitative estimate of drug-likeness (QED) is 0.493. The first-order valence-corrected chi connectivity index (χ1v) is 8.02. The van der Waals surface area contributed by atoms with Gasteiger partial charge in [-0.05, 0) is 60.9 Å². The number of anilines is 1. The number of hydrogen-bond donors (Lipinski definition) is 4. The third kappa shape index (κ3) is 7.82. The maximum atomic E-state index is 5.22. The van der Waals surface area contributed by atoms with Crippen molar-refractivity contribution in [3.8, 4) is 0 Å². The standard InChI is InChI=1S/C15H24N4S2/c1-4-12-6-5-7-13(10-12)17-15(21)19-18-14(20)16-9-8-11(2)3/h5-7,10-11H,4,8-9H2,1-3H3,(H2,16,18,20)(H2,17,19,21). The minimum Gasteiger partial charge on any atom is -0.361 e. The van der Waals surface area contributed by atoms with Gasteiger partial charge in [0.2, 0.25) is 0 Å². The molecule has 21 heavy (non-hydrogen) atoms. The van der Waals surface area contributed by atoms with Gasteiger partial charge in [-0.15, -0.1) is 0 Å². The third-order valence-corrected chi connectivity index (χ3v) is 3.34. The molecule has 0 aliphatic carbocycles. The fourth-order valence-electron chi connectivity index (χ4n) is 1.66. The maximum absolute atomic E-state index is 5.22. The molecule has 116 valence electrons. The van der Waals surface area contributed by atoms with Gasteiger partial charge in [0, 0.05) is 12.2 Å². The Balaban J connectivity index is 2.28. The van der Waals surface area contributed by atoms with Crippen LogP contribution in [0.3, 0.4) is 0 Å². The van der Waals surface area contributed by atoms with E-state index < -0.39 is 0 Å². The van der Waals surface area contributed by atoms with Crippen LogP contribution in [0.4, 0.5) is 5.69 Å². The Morgan fingerprint density at radius 1 is 1.14 bits per heavy atom. The van der Waals surface area contributed by atoms with Crippen molar-refractivity contribution >= 4 is 40.3 Å². The first-order chi connectivity index (χ1) is 10.0. The minimum absolute atomic E-state index is 0.483. The van der Waals surface area contributed by atoms with Crippen LogP contribution < -0.4 is 21.5 Å². The highest BCUT2D eigenvalue weighted by atomic mass is 32.1. The number of thiocarbonyl (C=S) groups is 2. The van der Waals surface area contributed by atoms with E-state index in [0.29, 0.717) is 16.1 Å². The van der Waals surface area contributed by atoms with Crippen LogP contribution in [0.1, 0.15) is 32.8 Å². The molecule has 4 nitrogen and oxygen atoms in total. The first-order valence-electron chi connectivity index (χ1n) is 7.21. The Labute approximate surface area is 138 Å². The van der Waals surface area contributed by atoms with E-state index in [1.165, 1.54) is 5.56 Å². The largest absolute Gasteiger partial charge is 0.361 e. The molecule has 0 radical (unpaired) electrons. The summed E-state index contributed by atoms with van der Waals surface area (Å²) in [5, 5.41) is 7.26. The minimum atomic E-state index is 0.483. The van der Waals surface area contributed by atoms with Gasteiger partial charge < -0.3 is 10.6 Å². The normalized spacial score (nSPS) is 10.1. The molecule has 0 aliphatic heterocycles. The summed E-state index contributed by atoms with van der Waals surface area (Å²) in [5.74, 6) is 0.654. The summed E-state index contributed by atoms with van der Waals surface area (Å²) < 4.78 is 0. The second-order valence-corrected chi connectivity index (χ2v) is 6.01. The fourth-order valence-corrected chi connectivity index (χ4v) is 1.99. The van der Waals surface area contributed by atoms with Gasteiger partial charge in [0.15, 0.2) is 10.2 Å². The van der Waals surface area contributed by atoms with Crippen molar-refractivity contribution in [2.24, 2.45) is 5.92 Å². The molecule has 0 heterocycles. The molecule has 0 bridgehead atoms. The van der Waals surface area contributed by atoms with Crippen molar-refractivity contribution in [3.63, 3.8) is 0 Å². The molecule has 1 aromatic rings. The van der Waals surface area contributed by atoms with Crippen molar-refractivity contribution in [1.29, 1.82) is 0 Å². The van der Waals surface area contributed by atoms with E-state index in [9.17, 15) is 0 Å². The van der Waals surface area contributed by atoms with Gasteiger partial charge in [0.1, 0.15) is 0 Å². The third-order valence-electron chi connectivity index (χ3n) is 2.89. The molecule has 0 amide bonds. The van der Waals surface area contributed by atoms with E-state index in [4.69, 9.17) is 24.4 Å². The monoisotopic (exact) mass is 324 g/mol. The Bertz CT molecular complexity index is 474. The van der Waals surface area contributed by atoms with Gasteiger partial charge >= 0.3 is 0 Å². The van der Waals surface area contributed by atoms with Crippen LogP contribution in [-0.4, -0.2) is 16.8 Å². The molecule has 6 heteroatoms. The van der Waals surface area contributed by atoms with Crippen LogP contribution in [0.15, 0.2) is 24.3 Å². The van der Waals surface area contributed by atoms with Crippen molar-refractivity contribution in [1.82, 2.24) is 16.2 Å². The van der Waals surface area contributed by atoms with Crippen molar-refractivity contribution in [2.75, 3.05) is 11.9 Å². The molecular formula is C15H24N4S2. The van der Waals surface area contributed by atoms with Gasteiger partial charge in [0.25, 0.3) is 0 Å². The predicted octanol–water partition coefficient (Wildman–Crippen LogP) is 2.96. The van der Waals surface area contributed by atoms with Crippen LogP contribution >= 0.6 is 24.4 Å². The summed E-state index contributed by atoms with van der Waals surface area (Å²) in [6.07, 6.45) is 2.08. The number of hydrogen-bond acceptors (Lipinski definition) is 2. The zero-order chi connectivity index (χ0) is 15.7. The lowest BCUT2D eigenvalue weighted by molar-refractivity contribution is 0.575. The molecule has 0 aromatic heterocycles. The lowest BCUT2D eigenvalue weighted by atomic mass is 10.1. The molecule has 0 saturated heterocycles. The fraction of sp³-hybridized carbons (Fsp3) is 0.467. The van der Waals surface area contributed by atoms with E-state index >= 15 is 0 Å². The van der Waals surface area contributed by atoms with Crippen molar-refractivity contribution in [2.45, 2.75) is 33.6 Å². The smallest absolute Gasteiger partial charge is 0.189 e. The highest BCUT2D eigenvalue weighted by Crippen LogP contribution is 2.10. The predicted molar refractivity (Wildman–Crippen MR) is 98.4 cm³/mol. The molecule has 0 fully saturated rings. The maximum Gasteiger partial charge on any atom is 0.189 e. The number of hydrazine groups is 1. The van der Waals surface area contributed by atoms with Gasteiger partial charge in [0.05, 0.1) is 0 Å². The number of rotatable bonds is 5. The van der Waals surface area contributed by atoms with Crippen LogP contribution in [0, 0.1) is 5.92 Å². The number of nitrogens with one attached hydrogen (secondary N) is 4. The van der Waals surface area contributed by atoms with E-state index in [-0.39, 0.29) is 0 Å². The highest BCUT2D eigenvalue weighted by Gasteiger charge is 2.00. The summed E-state index contributed by atoms with van der Waals surface area (Å²) in [6.45, 7) is 7.34. The summed E-state index contributed by atoms with van der Waals surface area (Å²) in [6, 6.07) is 8.16. The lowest BCUT2D eigenvalue weighted by Gasteiger charge is -2.15. The van der Waals surface area contributed by atoms with E-state index in [1.807, 2.05) is 12.1 Å². The van der Waals surface area contributed by atoms with Gasteiger partial charge in [-0.1, -0.05) is 32.9 Å². The molecule has 0 unspecified atom stereocenters. The number of aryl methyl sites for hydroxylation is 1. The van der Waals surface area contributed by atoms with E-state index in [2.05, 4.69) is 54.4 Å². The Hall–Kier alpha value is -1.40. The highest BCUT2D eigenvalue weighted by molar-refractivity contribution is 7.80. The van der Waals surface area contributed by atoms with Gasteiger partial charge in [-0.3, -0.25) is 10.9 Å². The first kappa shape index (κ1) is 17.7. The summed E-state index contributed by atoms with van der Waals surface area (Å²) in [7, 11) is 0. The average molecular weight is 325 g/mol. The van der Waals surface area contributed by atoms with Crippen molar-refractivity contribution in [3.05, 3.63) is 29.8 Å². The Kier molecular flexibility index (Phi) is 8.00. The Morgan fingerprint density at radius 3 is 2.52 bits per heavy atom. The molecular weight excluding hydrogens is 300 g/mol. The summed E-state index contributed by atoms with van der Waals surface area (Å²) >= 11 is 10.4. The lowest BCUT2D eigenvalue weighted by Crippen LogP contribution is -2.48. The van der Waals surface area contributed by atoms with Gasteiger partial charge in [-0.2, -0.15) is 0 Å². The van der Waals surface area contributed by atoms with Gasteiger partial charge in [-0.25, -0.2) is 0 Å². The van der Waals surface area contributed by atoms with Crippen LogP contribution in [0.5, 0.6) is 0 Å². The van der Waals surface area contributed by atoms with E-state index in [0.717, 1.165) is 25.1 Å². The molecule has 0 saturated carbocycles. The molecule has 1 aromatic carbocycles. The number of benzene rings is 1. The van der Waals surface area contributed by atoms with Crippen LogP contribution in [0.25, 0.3) is 0 Å². The van der Waals surface area contributed by atoms with Crippen molar-refractivity contribution < 1.29 is 0 Å². The van der Waals surface area contributed by atoms with E-state index in [1.54, 1.807) is 0 Å². The second kappa shape index (κ2) is 9.52. The molecule has 4 N–H and O–H groups in total. The zero-order valence-electron chi connectivity index (χ0n) is 12.8. The van der Waals surface area contributed by atoms with Crippen LogP contribution in [0.2, 0.25) is 0 Å². The SMILES string of the molecule is CCc1cccc(NC(=S)NNC(=S)NCCC(C)C)c1. The second-order valence-electron chi connectivity index (χ2n) is 5.20. The zero-order valence-corrected chi connectivity index (χ0v) is 14.5. The summed E-state index contributed by atoms with van der Waals surface area (Å²) in [4.78, 5) is 0. The summed E-state index contributed by atoms with van der Waals surface area (Å²) in [5.41, 5.74) is 7.98. The van der Waals surface area contributed by atoms with Crippen LogP contribution in [-0.2, 0) is 6.42 Å². The molecule has 0 atom stereocenters. The average Bonchev–Trinajstić information content (AvgIpc) is 2.45. The molecule has 0 aliphatic rings. The topological polar surface area (TPSA) is 48.1 Å².